The minimum Gasteiger partial charge on any atom is -0.460 e. The molecule has 0 N–H and O–H groups in total. The van der Waals surface area contributed by atoms with Crippen LogP contribution in [0.4, 0.5) is 0 Å². The van der Waals surface area contributed by atoms with Crippen molar-refractivity contribution in [3.05, 3.63) is 29.8 Å². The average Bonchev–Trinajstić information content (AvgIpc) is 2.43. The van der Waals surface area contributed by atoms with Crippen LogP contribution in [0.15, 0.2) is 29.2 Å². The molecule has 0 radical (unpaired) electrons. The molecule has 0 saturated heterocycles. The van der Waals surface area contributed by atoms with E-state index in [4.69, 9.17) is 13.7 Å². The van der Waals surface area contributed by atoms with E-state index < -0.39 is 15.7 Å². The lowest BCUT2D eigenvalue weighted by atomic mass is 9.82. The molecule has 0 aromatic heterocycles. The summed E-state index contributed by atoms with van der Waals surface area (Å²) in [4.78, 5) is 12.0. The van der Waals surface area contributed by atoms with Crippen LogP contribution in [0.3, 0.4) is 0 Å². The lowest BCUT2D eigenvalue weighted by molar-refractivity contribution is -0.169. The van der Waals surface area contributed by atoms with Gasteiger partial charge in [0.05, 0.1) is 30.1 Å². The number of ether oxygens (including phenoxy) is 2. The summed E-state index contributed by atoms with van der Waals surface area (Å²) in [5.74, 6) is -0.341. The summed E-state index contributed by atoms with van der Waals surface area (Å²) in [5.41, 5.74) is 0.494. The average molecular weight is 370 g/mol. The SMILES string of the molecule is Cc1ccc(S(=O)(=O)OCCOC2CC(C(=O)OC(C)(C)C)C2)cc1. The zero-order valence-corrected chi connectivity index (χ0v) is 16.0. The third-order valence-electron chi connectivity index (χ3n) is 3.82. The molecule has 140 valence electrons. The molecule has 0 bridgehead atoms. The highest BCUT2D eigenvalue weighted by Crippen LogP contribution is 2.32. The summed E-state index contributed by atoms with van der Waals surface area (Å²) < 4.78 is 39.8. The molecular weight excluding hydrogens is 344 g/mol. The second-order valence-corrected chi connectivity index (χ2v) is 8.90. The Bertz CT molecular complexity index is 681. The van der Waals surface area contributed by atoms with Crippen LogP contribution >= 0.6 is 0 Å². The molecule has 6 nitrogen and oxygen atoms in total. The Labute approximate surface area is 149 Å². The highest BCUT2D eigenvalue weighted by molar-refractivity contribution is 7.86. The van der Waals surface area contributed by atoms with Gasteiger partial charge in [-0.1, -0.05) is 17.7 Å². The molecular formula is C18H26O6S. The maximum atomic E-state index is 12.0. The molecule has 25 heavy (non-hydrogen) atoms. The Hall–Kier alpha value is -1.44. The summed E-state index contributed by atoms with van der Waals surface area (Å²) in [6.45, 7) is 7.50. The molecule has 0 amide bonds. The Morgan fingerprint density at radius 1 is 1.12 bits per heavy atom. The van der Waals surface area contributed by atoms with E-state index in [0.717, 1.165) is 5.56 Å². The van der Waals surface area contributed by atoms with E-state index in [1.165, 1.54) is 12.1 Å². The number of carbonyl (C=O) groups excluding carboxylic acids is 1. The molecule has 1 aliphatic carbocycles. The fourth-order valence-electron chi connectivity index (χ4n) is 2.41. The van der Waals surface area contributed by atoms with Crippen LogP contribution in [0.25, 0.3) is 0 Å². The Morgan fingerprint density at radius 3 is 2.28 bits per heavy atom. The quantitative estimate of drug-likeness (QED) is 0.417. The van der Waals surface area contributed by atoms with Gasteiger partial charge in [-0.25, -0.2) is 0 Å². The maximum Gasteiger partial charge on any atom is 0.309 e. The van der Waals surface area contributed by atoms with Gasteiger partial charge in [-0.3, -0.25) is 8.98 Å². The molecule has 7 heteroatoms. The van der Waals surface area contributed by atoms with Gasteiger partial charge < -0.3 is 9.47 Å². The summed E-state index contributed by atoms with van der Waals surface area (Å²) >= 11 is 0. The lowest BCUT2D eigenvalue weighted by Crippen LogP contribution is -2.40. The van der Waals surface area contributed by atoms with Crippen molar-refractivity contribution in [2.45, 2.75) is 57.1 Å². The molecule has 1 fully saturated rings. The van der Waals surface area contributed by atoms with Gasteiger partial charge in [0.2, 0.25) is 0 Å². The van der Waals surface area contributed by atoms with E-state index in [2.05, 4.69) is 0 Å². The van der Waals surface area contributed by atoms with E-state index in [1.54, 1.807) is 12.1 Å². The van der Waals surface area contributed by atoms with Gasteiger partial charge in [-0.05, 0) is 52.7 Å². The predicted molar refractivity (Wildman–Crippen MR) is 92.6 cm³/mol. The van der Waals surface area contributed by atoms with Gasteiger partial charge >= 0.3 is 5.97 Å². The molecule has 0 aliphatic heterocycles. The van der Waals surface area contributed by atoms with Gasteiger partial charge in [0, 0.05) is 0 Å². The number of hydrogen-bond donors (Lipinski definition) is 0. The summed E-state index contributed by atoms with van der Waals surface area (Å²) in [7, 11) is -3.76. The van der Waals surface area contributed by atoms with Gasteiger partial charge in [0.1, 0.15) is 5.60 Å². The van der Waals surface area contributed by atoms with Crippen molar-refractivity contribution in [1.29, 1.82) is 0 Å². The topological polar surface area (TPSA) is 78.9 Å². The number of rotatable bonds is 7. The molecule has 1 aromatic rings. The highest BCUT2D eigenvalue weighted by Gasteiger charge is 2.37. The predicted octanol–water partition coefficient (Wildman–Crippen LogP) is 2.84. The Balaban J connectivity index is 1.66. The first kappa shape index (κ1) is 19.9. The van der Waals surface area contributed by atoms with Crippen LogP contribution in [0.1, 0.15) is 39.2 Å². The van der Waals surface area contributed by atoms with Gasteiger partial charge in [0.15, 0.2) is 0 Å². The van der Waals surface area contributed by atoms with Gasteiger partial charge in [-0.2, -0.15) is 8.42 Å². The van der Waals surface area contributed by atoms with Crippen LogP contribution < -0.4 is 0 Å². The number of benzene rings is 1. The van der Waals surface area contributed by atoms with Crippen molar-refractivity contribution < 1.29 is 26.9 Å². The van der Waals surface area contributed by atoms with Crippen LogP contribution in [0.2, 0.25) is 0 Å². The summed E-state index contributed by atoms with van der Waals surface area (Å²) in [5, 5.41) is 0. The molecule has 0 spiro atoms. The molecule has 0 heterocycles. The van der Waals surface area contributed by atoms with Crippen molar-refractivity contribution in [2.24, 2.45) is 5.92 Å². The number of carbonyl (C=O) groups is 1. The Kier molecular flexibility index (Phi) is 6.24. The van der Waals surface area contributed by atoms with Gasteiger partial charge in [0.25, 0.3) is 10.1 Å². The first-order chi connectivity index (χ1) is 11.6. The van der Waals surface area contributed by atoms with Crippen molar-refractivity contribution in [2.75, 3.05) is 13.2 Å². The van der Waals surface area contributed by atoms with Crippen LogP contribution in [0.5, 0.6) is 0 Å². The summed E-state index contributed by atoms with van der Waals surface area (Å²) in [6.07, 6.45) is 1.14. The Morgan fingerprint density at radius 2 is 1.72 bits per heavy atom. The van der Waals surface area contributed by atoms with Crippen molar-refractivity contribution in [1.82, 2.24) is 0 Å². The second-order valence-electron chi connectivity index (χ2n) is 7.28. The number of esters is 1. The standard InChI is InChI=1S/C18H26O6S/c1-13-5-7-16(8-6-13)25(20,21)23-10-9-22-15-11-14(12-15)17(19)24-18(2,3)4/h5-8,14-15H,9-12H2,1-4H3. The molecule has 1 saturated carbocycles. The molecule has 0 atom stereocenters. The first-order valence-electron chi connectivity index (χ1n) is 8.37. The van der Waals surface area contributed by atoms with Crippen molar-refractivity contribution in [3.63, 3.8) is 0 Å². The molecule has 0 unspecified atom stereocenters. The van der Waals surface area contributed by atoms with Crippen LogP contribution in [-0.4, -0.2) is 39.3 Å². The maximum absolute atomic E-state index is 12.0. The van der Waals surface area contributed by atoms with Crippen LogP contribution in [0, 0.1) is 12.8 Å². The smallest absolute Gasteiger partial charge is 0.309 e. The van der Waals surface area contributed by atoms with Crippen LogP contribution in [-0.2, 0) is 28.6 Å². The van der Waals surface area contributed by atoms with E-state index in [0.29, 0.717) is 12.8 Å². The van der Waals surface area contributed by atoms with E-state index in [9.17, 15) is 13.2 Å². The zero-order valence-electron chi connectivity index (χ0n) is 15.2. The largest absolute Gasteiger partial charge is 0.460 e. The zero-order chi connectivity index (χ0) is 18.7. The minimum absolute atomic E-state index is 0.0518. The fraction of sp³-hybridized carbons (Fsp3) is 0.611. The normalized spacial score (nSPS) is 20.8. The number of aryl methyl sites for hydroxylation is 1. The van der Waals surface area contributed by atoms with Crippen molar-refractivity contribution in [3.8, 4) is 0 Å². The first-order valence-corrected chi connectivity index (χ1v) is 9.78. The van der Waals surface area contributed by atoms with Crippen molar-refractivity contribution >= 4 is 16.1 Å². The second kappa shape index (κ2) is 7.85. The third kappa shape index (κ3) is 6.09. The third-order valence-corrected chi connectivity index (χ3v) is 5.15. The van der Waals surface area contributed by atoms with E-state index in [1.807, 2.05) is 27.7 Å². The van der Waals surface area contributed by atoms with Gasteiger partial charge in [-0.15, -0.1) is 0 Å². The molecule has 2 rings (SSSR count). The van der Waals surface area contributed by atoms with E-state index in [-0.39, 0.29) is 36.1 Å². The molecule has 1 aliphatic rings. The number of hydrogen-bond acceptors (Lipinski definition) is 6. The fourth-order valence-corrected chi connectivity index (χ4v) is 3.30. The molecule has 1 aromatic carbocycles. The lowest BCUT2D eigenvalue weighted by Gasteiger charge is -2.35. The summed E-state index contributed by atoms with van der Waals surface area (Å²) in [6, 6.07) is 6.47. The van der Waals surface area contributed by atoms with E-state index >= 15 is 0 Å². The minimum atomic E-state index is -3.76. The monoisotopic (exact) mass is 370 g/mol. The highest BCUT2D eigenvalue weighted by atomic mass is 32.2.